The van der Waals surface area contributed by atoms with E-state index in [1.165, 1.54) is 0 Å². The molecule has 2 unspecified atom stereocenters. The summed E-state index contributed by atoms with van der Waals surface area (Å²) in [4.78, 5) is 29.6. The van der Waals surface area contributed by atoms with E-state index in [-0.39, 0.29) is 41.1 Å². The van der Waals surface area contributed by atoms with Gasteiger partial charge < -0.3 is 20.9 Å². The van der Waals surface area contributed by atoms with Crippen LogP contribution in [-0.2, 0) is 4.79 Å². The summed E-state index contributed by atoms with van der Waals surface area (Å²) in [7, 11) is 0. The second-order valence-electron chi connectivity index (χ2n) is 9.61. The second-order valence-corrected chi connectivity index (χ2v) is 9.61. The first-order chi connectivity index (χ1) is 13.0. The number of piperidine rings is 1. The van der Waals surface area contributed by atoms with Gasteiger partial charge in [0, 0.05) is 30.1 Å². The van der Waals surface area contributed by atoms with Gasteiger partial charge >= 0.3 is 6.03 Å². The Morgan fingerprint density at radius 2 is 1.71 bits per heavy atom. The van der Waals surface area contributed by atoms with Crippen molar-refractivity contribution in [2.45, 2.75) is 83.1 Å². The molecule has 3 amide bonds. The summed E-state index contributed by atoms with van der Waals surface area (Å²) in [6.07, 6.45) is 1.88. The maximum Gasteiger partial charge on any atom is 0.318 e. The third-order valence-corrected chi connectivity index (χ3v) is 6.17. The predicted molar refractivity (Wildman–Crippen MR) is 111 cm³/mol. The van der Waals surface area contributed by atoms with Crippen molar-refractivity contribution in [3.63, 3.8) is 0 Å². The molecule has 154 valence electrons. The molecule has 1 aromatic carbocycles. The number of likely N-dealkylation sites (tertiary alicyclic amines) is 2. The minimum atomic E-state index is -0.328. The van der Waals surface area contributed by atoms with Crippen LogP contribution in [-0.4, -0.2) is 51.4 Å². The summed E-state index contributed by atoms with van der Waals surface area (Å²) in [5.41, 5.74) is 6.68. The molecule has 0 radical (unpaired) electrons. The number of rotatable bonds is 3. The summed E-state index contributed by atoms with van der Waals surface area (Å²) in [5, 5.41) is 3.13. The molecule has 2 aliphatic rings. The normalized spacial score (nSPS) is 25.6. The maximum absolute atomic E-state index is 13.2. The van der Waals surface area contributed by atoms with E-state index < -0.39 is 0 Å². The van der Waals surface area contributed by atoms with Crippen molar-refractivity contribution in [3.05, 3.63) is 35.9 Å². The molecule has 0 spiro atoms. The van der Waals surface area contributed by atoms with E-state index in [2.05, 4.69) is 33.0 Å². The van der Waals surface area contributed by atoms with Crippen molar-refractivity contribution < 1.29 is 9.59 Å². The number of hydrogen-bond acceptors (Lipinski definition) is 3. The van der Waals surface area contributed by atoms with Crippen molar-refractivity contribution in [1.82, 2.24) is 15.1 Å². The van der Waals surface area contributed by atoms with Gasteiger partial charge in [-0.2, -0.15) is 0 Å². The zero-order valence-electron chi connectivity index (χ0n) is 17.7. The van der Waals surface area contributed by atoms with Gasteiger partial charge in [0.25, 0.3) is 0 Å². The average molecular weight is 387 g/mol. The van der Waals surface area contributed by atoms with Crippen LogP contribution in [0.15, 0.2) is 30.3 Å². The van der Waals surface area contributed by atoms with Crippen LogP contribution in [0.3, 0.4) is 0 Å². The van der Waals surface area contributed by atoms with Gasteiger partial charge in [0.2, 0.25) is 5.91 Å². The Kier molecular flexibility index (Phi) is 5.45. The van der Waals surface area contributed by atoms with Crippen LogP contribution in [0.4, 0.5) is 4.79 Å². The lowest BCUT2D eigenvalue weighted by Crippen LogP contribution is -2.67. The molecule has 0 saturated carbocycles. The highest BCUT2D eigenvalue weighted by molar-refractivity contribution is 5.82. The molecule has 6 nitrogen and oxygen atoms in total. The van der Waals surface area contributed by atoms with Crippen molar-refractivity contribution in [2.24, 2.45) is 5.73 Å². The molecule has 0 aromatic heterocycles. The van der Waals surface area contributed by atoms with E-state index >= 15 is 0 Å². The SMILES string of the molecule is CC(c1ccccc1)N1CC(NC(=O)N2C(C)(C)CC(N)CC2(C)C)CC1=O. The van der Waals surface area contributed by atoms with Gasteiger partial charge in [-0.05, 0) is 53.0 Å². The van der Waals surface area contributed by atoms with E-state index in [1.54, 1.807) is 0 Å². The highest BCUT2D eigenvalue weighted by atomic mass is 16.2. The summed E-state index contributed by atoms with van der Waals surface area (Å²) in [6.45, 7) is 10.8. The van der Waals surface area contributed by atoms with Crippen LogP contribution in [0, 0.1) is 0 Å². The molecule has 2 aliphatic heterocycles. The van der Waals surface area contributed by atoms with E-state index in [0.717, 1.165) is 18.4 Å². The summed E-state index contributed by atoms with van der Waals surface area (Å²) in [5.74, 6) is 0.0841. The van der Waals surface area contributed by atoms with Crippen molar-refractivity contribution in [1.29, 1.82) is 0 Å². The fourth-order valence-electron chi connectivity index (χ4n) is 5.26. The second kappa shape index (κ2) is 7.39. The van der Waals surface area contributed by atoms with E-state index in [4.69, 9.17) is 5.73 Å². The zero-order valence-corrected chi connectivity index (χ0v) is 17.7. The summed E-state index contributed by atoms with van der Waals surface area (Å²) < 4.78 is 0. The van der Waals surface area contributed by atoms with Gasteiger partial charge in [0.1, 0.15) is 0 Å². The third-order valence-electron chi connectivity index (χ3n) is 6.17. The smallest absolute Gasteiger partial charge is 0.318 e. The average Bonchev–Trinajstić information content (AvgIpc) is 2.92. The molecule has 6 heteroatoms. The first-order valence-corrected chi connectivity index (χ1v) is 10.2. The number of nitrogens with zero attached hydrogens (tertiary/aromatic N) is 2. The number of hydrogen-bond donors (Lipinski definition) is 2. The quantitative estimate of drug-likeness (QED) is 0.838. The fraction of sp³-hybridized carbons (Fsp3) is 0.636. The van der Waals surface area contributed by atoms with Crippen molar-refractivity contribution in [3.8, 4) is 0 Å². The van der Waals surface area contributed by atoms with Crippen LogP contribution in [0.25, 0.3) is 0 Å². The van der Waals surface area contributed by atoms with Gasteiger partial charge in [-0.25, -0.2) is 4.79 Å². The Morgan fingerprint density at radius 3 is 2.29 bits per heavy atom. The van der Waals surface area contributed by atoms with Gasteiger partial charge in [0.05, 0.1) is 12.1 Å². The number of nitrogens with one attached hydrogen (secondary N) is 1. The minimum absolute atomic E-state index is 0.00327. The standard InChI is InChI=1S/C22H34N4O2/c1-15(16-9-7-6-8-10-16)25-14-18(11-19(25)27)24-20(28)26-21(2,3)12-17(23)13-22(26,4)5/h6-10,15,17-18H,11-14,23H2,1-5H3,(H,24,28). The molecular weight excluding hydrogens is 352 g/mol. The molecular formula is C22H34N4O2. The number of amides is 3. The molecule has 0 aliphatic carbocycles. The van der Waals surface area contributed by atoms with Crippen LogP contribution in [0.1, 0.15) is 65.5 Å². The monoisotopic (exact) mass is 386 g/mol. The first kappa shape index (κ1) is 20.6. The highest BCUT2D eigenvalue weighted by Gasteiger charge is 2.47. The molecule has 2 atom stereocenters. The van der Waals surface area contributed by atoms with Crippen molar-refractivity contribution >= 4 is 11.9 Å². The topological polar surface area (TPSA) is 78.7 Å². The lowest BCUT2D eigenvalue weighted by atomic mass is 9.77. The lowest BCUT2D eigenvalue weighted by molar-refractivity contribution is -0.129. The highest BCUT2D eigenvalue weighted by Crippen LogP contribution is 2.38. The third kappa shape index (κ3) is 4.02. The fourth-order valence-corrected chi connectivity index (χ4v) is 5.26. The van der Waals surface area contributed by atoms with Gasteiger partial charge in [-0.1, -0.05) is 30.3 Å². The number of benzene rings is 1. The van der Waals surface area contributed by atoms with Gasteiger partial charge in [0.15, 0.2) is 0 Å². The van der Waals surface area contributed by atoms with Crippen LogP contribution in [0.2, 0.25) is 0 Å². The number of carbonyl (C=O) groups is 2. The maximum atomic E-state index is 13.2. The Hall–Kier alpha value is -2.08. The molecule has 0 bridgehead atoms. The molecule has 2 saturated heterocycles. The van der Waals surface area contributed by atoms with E-state index in [0.29, 0.717) is 13.0 Å². The largest absolute Gasteiger partial charge is 0.334 e. The Labute approximate surface area is 168 Å². The lowest BCUT2D eigenvalue weighted by Gasteiger charge is -2.54. The number of carbonyl (C=O) groups excluding carboxylic acids is 2. The van der Waals surface area contributed by atoms with Crippen LogP contribution >= 0.6 is 0 Å². The summed E-state index contributed by atoms with van der Waals surface area (Å²) in [6, 6.07) is 9.81. The number of urea groups is 1. The van der Waals surface area contributed by atoms with Crippen LogP contribution in [0.5, 0.6) is 0 Å². The Balaban J connectivity index is 1.69. The summed E-state index contributed by atoms with van der Waals surface area (Å²) >= 11 is 0. The first-order valence-electron chi connectivity index (χ1n) is 10.2. The number of nitrogens with two attached hydrogens (primary N) is 1. The Morgan fingerprint density at radius 1 is 1.14 bits per heavy atom. The Bertz CT molecular complexity index is 713. The van der Waals surface area contributed by atoms with Crippen LogP contribution < -0.4 is 11.1 Å². The molecule has 3 N–H and O–H groups in total. The minimum Gasteiger partial charge on any atom is -0.334 e. The molecule has 1 aromatic rings. The zero-order chi connectivity index (χ0) is 20.7. The van der Waals surface area contributed by atoms with Gasteiger partial charge in [-0.15, -0.1) is 0 Å². The van der Waals surface area contributed by atoms with E-state index in [1.807, 2.05) is 47.1 Å². The molecule has 3 rings (SSSR count). The predicted octanol–water partition coefficient (Wildman–Crippen LogP) is 3.04. The molecule has 2 heterocycles. The molecule has 2 fully saturated rings. The van der Waals surface area contributed by atoms with Crippen molar-refractivity contribution in [2.75, 3.05) is 6.54 Å². The van der Waals surface area contributed by atoms with E-state index in [9.17, 15) is 9.59 Å². The molecule has 28 heavy (non-hydrogen) atoms. The van der Waals surface area contributed by atoms with Gasteiger partial charge in [-0.3, -0.25) is 4.79 Å².